The smallest absolute Gasteiger partial charge is 0.144 e. The number of morpholine rings is 1. The van der Waals surface area contributed by atoms with E-state index >= 15 is 0 Å². The molecule has 0 bridgehead atoms. The summed E-state index contributed by atoms with van der Waals surface area (Å²) in [5.74, 6) is 2.80. The molecule has 7 heteroatoms. The maximum Gasteiger partial charge on any atom is 0.144 e. The van der Waals surface area contributed by atoms with E-state index in [9.17, 15) is 0 Å². The first-order valence-corrected chi connectivity index (χ1v) is 12.0. The van der Waals surface area contributed by atoms with E-state index < -0.39 is 0 Å². The zero-order chi connectivity index (χ0) is 23.1. The summed E-state index contributed by atoms with van der Waals surface area (Å²) >= 11 is 0. The lowest BCUT2D eigenvalue weighted by Crippen LogP contribution is -2.42. The van der Waals surface area contributed by atoms with Crippen LogP contribution < -0.4 is 9.64 Å². The number of pyridine rings is 1. The molecule has 0 saturated carbocycles. The maximum atomic E-state index is 6.12. The summed E-state index contributed by atoms with van der Waals surface area (Å²) in [5.41, 5.74) is 4.14. The fraction of sp³-hybridized carbons (Fsp3) is 0.538. The fourth-order valence-corrected chi connectivity index (χ4v) is 5.40. The Kier molecular flexibility index (Phi) is 6.01. The third-order valence-electron chi connectivity index (χ3n) is 7.23. The molecule has 3 atom stereocenters. The fourth-order valence-electron chi connectivity index (χ4n) is 5.40. The van der Waals surface area contributed by atoms with E-state index in [1.807, 2.05) is 12.3 Å². The van der Waals surface area contributed by atoms with Gasteiger partial charge in [0.15, 0.2) is 0 Å². The topological polar surface area (TPSA) is 55.7 Å². The van der Waals surface area contributed by atoms with Gasteiger partial charge < -0.3 is 23.8 Å². The Morgan fingerprint density at radius 2 is 1.91 bits per heavy atom. The van der Waals surface area contributed by atoms with Crippen molar-refractivity contribution in [1.82, 2.24) is 19.4 Å². The van der Waals surface area contributed by atoms with Crippen molar-refractivity contribution in [2.24, 2.45) is 0 Å². The largest absolute Gasteiger partial charge is 0.494 e. The van der Waals surface area contributed by atoms with E-state index in [0.717, 1.165) is 65.8 Å². The van der Waals surface area contributed by atoms with Crippen LogP contribution in [-0.2, 0) is 11.3 Å². The Hall–Kier alpha value is -2.64. The van der Waals surface area contributed by atoms with Gasteiger partial charge in [0.2, 0.25) is 0 Å². The molecule has 2 aromatic heterocycles. The molecule has 2 aliphatic heterocycles. The summed E-state index contributed by atoms with van der Waals surface area (Å²) in [5, 5.41) is 0. The number of nitrogens with zero attached hydrogens (tertiary/aromatic N) is 5. The van der Waals surface area contributed by atoms with E-state index in [1.54, 1.807) is 7.11 Å². The Morgan fingerprint density at radius 3 is 2.58 bits per heavy atom. The number of hydrogen-bond donors (Lipinski definition) is 0. The molecule has 0 N–H and O–H groups in total. The van der Waals surface area contributed by atoms with Gasteiger partial charge in [-0.15, -0.1) is 0 Å². The van der Waals surface area contributed by atoms with Gasteiger partial charge in [0.25, 0.3) is 0 Å². The first-order valence-electron chi connectivity index (χ1n) is 12.0. The Bertz CT molecular complexity index is 1120. The highest BCUT2D eigenvalue weighted by atomic mass is 16.5. The van der Waals surface area contributed by atoms with Crippen LogP contribution in [0.3, 0.4) is 0 Å². The summed E-state index contributed by atoms with van der Waals surface area (Å²) in [6.45, 7) is 10.0. The van der Waals surface area contributed by atoms with E-state index in [2.05, 4.69) is 60.4 Å². The van der Waals surface area contributed by atoms with E-state index in [1.165, 1.54) is 12.8 Å². The zero-order valence-corrected chi connectivity index (χ0v) is 20.4. The third-order valence-corrected chi connectivity index (χ3v) is 7.23. The molecular formula is C26H35N5O2. The molecule has 0 amide bonds. The number of rotatable bonds is 5. The molecule has 0 radical (unpaired) electrons. The maximum absolute atomic E-state index is 6.12. The molecule has 0 unspecified atom stereocenters. The van der Waals surface area contributed by atoms with Crippen LogP contribution in [0.5, 0.6) is 5.75 Å². The van der Waals surface area contributed by atoms with Crippen molar-refractivity contribution in [3.05, 3.63) is 36.0 Å². The molecule has 7 nitrogen and oxygen atoms in total. The lowest BCUT2D eigenvalue weighted by atomic mass is 10.2. The highest BCUT2D eigenvalue weighted by Gasteiger charge is 2.29. The summed E-state index contributed by atoms with van der Waals surface area (Å²) < 4.78 is 14.1. The Balaban J connectivity index is 1.57. The average molecular weight is 450 g/mol. The van der Waals surface area contributed by atoms with E-state index in [4.69, 9.17) is 19.4 Å². The summed E-state index contributed by atoms with van der Waals surface area (Å²) in [6.07, 6.45) is 4.51. The van der Waals surface area contributed by atoms with Crippen molar-refractivity contribution < 1.29 is 9.47 Å². The van der Waals surface area contributed by atoms with Crippen molar-refractivity contribution in [2.45, 2.75) is 58.3 Å². The highest BCUT2D eigenvalue weighted by Crippen LogP contribution is 2.35. The van der Waals surface area contributed by atoms with Crippen LogP contribution in [0.2, 0.25) is 0 Å². The van der Waals surface area contributed by atoms with Gasteiger partial charge in [-0.25, -0.2) is 9.97 Å². The summed E-state index contributed by atoms with van der Waals surface area (Å²) in [7, 11) is 3.87. The molecule has 2 saturated heterocycles. The quantitative estimate of drug-likeness (QED) is 0.584. The second kappa shape index (κ2) is 8.95. The molecule has 1 aromatic carbocycles. The molecule has 0 spiro atoms. The van der Waals surface area contributed by atoms with Gasteiger partial charge >= 0.3 is 0 Å². The number of hydrogen-bond acceptors (Lipinski definition) is 6. The Labute approximate surface area is 196 Å². The number of anilines is 1. The number of imidazole rings is 1. The normalized spacial score (nSPS) is 24.0. The van der Waals surface area contributed by atoms with Gasteiger partial charge in [0.1, 0.15) is 22.9 Å². The van der Waals surface area contributed by atoms with Gasteiger partial charge in [-0.05, 0) is 64.4 Å². The third kappa shape index (κ3) is 4.08. The predicted octanol–water partition coefficient (Wildman–Crippen LogP) is 4.12. The number of aryl methyl sites for hydroxylation is 1. The Morgan fingerprint density at radius 1 is 1.12 bits per heavy atom. The van der Waals surface area contributed by atoms with Gasteiger partial charge in [0.05, 0.1) is 31.9 Å². The number of aromatic nitrogens is 3. The monoisotopic (exact) mass is 449 g/mol. The van der Waals surface area contributed by atoms with Crippen molar-refractivity contribution in [3.63, 3.8) is 0 Å². The van der Waals surface area contributed by atoms with Crippen molar-refractivity contribution in [1.29, 1.82) is 0 Å². The summed E-state index contributed by atoms with van der Waals surface area (Å²) in [4.78, 5) is 14.7. The lowest BCUT2D eigenvalue weighted by molar-refractivity contribution is -0.0267. The molecule has 176 valence electrons. The zero-order valence-electron chi connectivity index (χ0n) is 20.4. The number of fused-ring (bicyclic) bond motifs is 1. The van der Waals surface area contributed by atoms with Crippen LogP contribution in [0.1, 0.15) is 32.3 Å². The van der Waals surface area contributed by atoms with Crippen LogP contribution in [0.4, 0.5) is 5.82 Å². The van der Waals surface area contributed by atoms with E-state index in [0.29, 0.717) is 12.1 Å². The average Bonchev–Trinajstić information content (AvgIpc) is 3.35. The molecule has 3 aromatic rings. The minimum Gasteiger partial charge on any atom is -0.494 e. The number of methoxy groups -OCH3 is 1. The number of ether oxygens (including phenoxy) is 2. The second-order valence-electron chi connectivity index (χ2n) is 9.67. The predicted molar refractivity (Wildman–Crippen MR) is 132 cm³/mol. The van der Waals surface area contributed by atoms with Gasteiger partial charge in [-0.3, -0.25) is 0 Å². The molecule has 5 rings (SSSR count). The van der Waals surface area contributed by atoms with Crippen LogP contribution >= 0.6 is 0 Å². The van der Waals surface area contributed by atoms with Crippen LogP contribution in [0.15, 0.2) is 30.5 Å². The lowest BCUT2D eigenvalue weighted by Gasteiger charge is -2.31. The molecular weight excluding hydrogens is 414 g/mol. The van der Waals surface area contributed by atoms with Crippen molar-refractivity contribution in [2.75, 3.05) is 38.8 Å². The molecule has 2 fully saturated rings. The minimum absolute atomic E-state index is 0.101. The standard InChI is InChI=1S/C26H35N5O2/c1-17-6-10-22(32-5)25-24(17)28-26(30(25)16-21-15-29(4)12-13-33-21)20-9-11-23(27-14-20)31-18(2)7-8-19(31)3/h6,9-11,14,18-19,21H,7-8,12-13,15-16H2,1-5H3/t18-,19-,21-/m0/s1. The van der Waals surface area contributed by atoms with Crippen molar-refractivity contribution in [3.8, 4) is 17.1 Å². The first-order chi connectivity index (χ1) is 16.0. The van der Waals surface area contributed by atoms with Crippen LogP contribution in [-0.4, -0.2) is 71.5 Å². The van der Waals surface area contributed by atoms with Gasteiger partial charge in [-0.1, -0.05) is 6.07 Å². The van der Waals surface area contributed by atoms with Gasteiger partial charge in [0, 0.05) is 36.9 Å². The van der Waals surface area contributed by atoms with Crippen LogP contribution in [0, 0.1) is 6.92 Å². The number of benzene rings is 1. The molecule has 2 aliphatic rings. The summed E-state index contributed by atoms with van der Waals surface area (Å²) in [6, 6.07) is 9.46. The minimum atomic E-state index is 0.101. The SMILES string of the molecule is COc1ccc(C)c2nc(-c3ccc(N4[C@@H](C)CC[C@@H]4C)nc3)n(C[C@@H]3CN(C)CCO3)c12. The first kappa shape index (κ1) is 22.2. The highest BCUT2D eigenvalue weighted by molar-refractivity contribution is 5.88. The number of likely N-dealkylation sites (N-methyl/N-ethyl adjacent to an activating group) is 1. The van der Waals surface area contributed by atoms with Gasteiger partial charge in [-0.2, -0.15) is 0 Å². The van der Waals surface area contributed by atoms with E-state index in [-0.39, 0.29) is 6.10 Å². The molecule has 4 heterocycles. The van der Waals surface area contributed by atoms with Crippen LogP contribution in [0.25, 0.3) is 22.4 Å². The second-order valence-corrected chi connectivity index (χ2v) is 9.67. The molecule has 0 aliphatic carbocycles. The van der Waals surface area contributed by atoms with Crippen molar-refractivity contribution >= 4 is 16.9 Å². The molecule has 33 heavy (non-hydrogen) atoms.